The lowest BCUT2D eigenvalue weighted by atomic mass is 9.93. The molecular weight excluding hydrogens is 284 g/mol. The monoisotopic (exact) mass is 310 g/mol. The van der Waals surface area contributed by atoms with Gasteiger partial charge < -0.3 is 20.5 Å². The highest BCUT2D eigenvalue weighted by Gasteiger charge is 2.31. The molecule has 1 aromatic carbocycles. The molecule has 2 rings (SSSR count). The van der Waals surface area contributed by atoms with Crippen molar-refractivity contribution >= 4 is 17.4 Å². The number of rotatable bonds is 6. The van der Waals surface area contributed by atoms with E-state index < -0.39 is 5.60 Å². The summed E-state index contributed by atoms with van der Waals surface area (Å²) in [5.41, 5.74) is 7.59. The number of nitrogens with zero attached hydrogens (tertiary/aromatic N) is 1. The third-order valence-corrected chi connectivity index (χ3v) is 4.96. The Kier molecular flexibility index (Phi) is 5.93. The number of aliphatic hydroxyl groups is 1. The molecule has 0 amide bonds. The van der Waals surface area contributed by atoms with Crippen LogP contribution in [0.25, 0.3) is 0 Å². The van der Waals surface area contributed by atoms with Gasteiger partial charge in [-0.15, -0.1) is 11.8 Å². The van der Waals surface area contributed by atoms with Gasteiger partial charge in [-0.1, -0.05) is 13.0 Å². The van der Waals surface area contributed by atoms with Crippen molar-refractivity contribution in [2.75, 3.05) is 37.5 Å². The second kappa shape index (κ2) is 7.49. The van der Waals surface area contributed by atoms with Gasteiger partial charge in [0.15, 0.2) is 0 Å². The van der Waals surface area contributed by atoms with Crippen molar-refractivity contribution in [2.45, 2.75) is 36.8 Å². The lowest BCUT2D eigenvalue weighted by molar-refractivity contribution is -0.0572. The first kappa shape index (κ1) is 16.6. The van der Waals surface area contributed by atoms with E-state index in [2.05, 4.69) is 30.0 Å². The summed E-state index contributed by atoms with van der Waals surface area (Å²) >= 11 is 1.81. The molecule has 0 radical (unpaired) electrons. The highest BCUT2D eigenvalue weighted by molar-refractivity contribution is 7.99. The van der Waals surface area contributed by atoms with E-state index in [1.54, 1.807) is 0 Å². The van der Waals surface area contributed by atoms with Crippen LogP contribution in [0, 0.1) is 0 Å². The Hall–Kier alpha value is -0.750. The third kappa shape index (κ3) is 4.13. The van der Waals surface area contributed by atoms with E-state index in [1.165, 1.54) is 10.5 Å². The van der Waals surface area contributed by atoms with Crippen molar-refractivity contribution in [1.29, 1.82) is 0 Å². The maximum absolute atomic E-state index is 10.7. The normalized spacial score (nSPS) is 17.7. The molecule has 0 saturated carbocycles. The molecule has 3 N–H and O–H groups in total. The molecule has 0 atom stereocenters. The zero-order chi connectivity index (χ0) is 15.3. The molecule has 0 unspecified atom stereocenters. The van der Waals surface area contributed by atoms with Crippen molar-refractivity contribution in [3.8, 4) is 0 Å². The van der Waals surface area contributed by atoms with Crippen molar-refractivity contribution in [3.63, 3.8) is 0 Å². The Balaban J connectivity index is 2.18. The van der Waals surface area contributed by atoms with Crippen LogP contribution >= 0.6 is 11.8 Å². The lowest BCUT2D eigenvalue weighted by Gasteiger charge is -2.37. The van der Waals surface area contributed by atoms with Gasteiger partial charge in [0.2, 0.25) is 0 Å². The minimum atomic E-state index is -0.660. The number of thioether (sulfide) groups is 1. The fourth-order valence-corrected chi connectivity index (χ4v) is 3.69. The Labute approximate surface area is 131 Å². The molecule has 0 aromatic heterocycles. The smallest absolute Gasteiger partial charge is 0.0865 e. The van der Waals surface area contributed by atoms with Crippen molar-refractivity contribution < 1.29 is 9.84 Å². The van der Waals surface area contributed by atoms with Gasteiger partial charge in [0.05, 0.1) is 5.60 Å². The molecule has 1 heterocycles. The number of nitrogens with two attached hydrogens (primary N) is 1. The Bertz CT molecular complexity index is 462. The third-order valence-electron chi connectivity index (χ3n) is 3.98. The highest BCUT2D eigenvalue weighted by Crippen LogP contribution is 2.32. The standard InChI is InChI=1S/C16H26N2O2S/c1-3-21-15-6-4-5-14(13(15)11-17)18(2)12-16(19)7-9-20-10-8-16/h4-6,19H,3,7-12,17H2,1-2H3. The number of hydrogen-bond acceptors (Lipinski definition) is 5. The van der Waals surface area contributed by atoms with Gasteiger partial charge in [0.1, 0.15) is 0 Å². The van der Waals surface area contributed by atoms with Gasteiger partial charge in [-0.25, -0.2) is 0 Å². The molecule has 4 nitrogen and oxygen atoms in total. The van der Waals surface area contributed by atoms with Gasteiger partial charge in [0.25, 0.3) is 0 Å². The van der Waals surface area contributed by atoms with Gasteiger partial charge in [-0.3, -0.25) is 0 Å². The van der Waals surface area contributed by atoms with Gasteiger partial charge in [-0.2, -0.15) is 0 Å². The van der Waals surface area contributed by atoms with Crippen molar-refractivity contribution in [2.24, 2.45) is 5.73 Å². The first-order valence-corrected chi connectivity index (χ1v) is 8.54. The van der Waals surface area contributed by atoms with E-state index in [-0.39, 0.29) is 0 Å². The van der Waals surface area contributed by atoms with Crippen LogP contribution in [-0.4, -0.2) is 43.3 Å². The molecule has 1 aliphatic rings. The lowest BCUT2D eigenvalue weighted by Crippen LogP contribution is -2.46. The highest BCUT2D eigenvalue weighted by atomic mass is 32.2. The van der Waals surface area contributed by atoms with Crippen LogP contribution in [0.1, 0.15) is 25.3 Å². The summed E-state index contributed by atoms with van der Waals surface area (Å²) in [5, 5.41) is 10.7. The van der Waals surface area contributed by atoms with E-state index in [1.807, 2.05) is 18.8 Å². The van der Waals surface area contributed by atoms with Crippen LogP contribution in [0.2, 0.25) is 0 Å². The zero-order valence-corrected chi connectivity index (χ0v) is 13.8. The maximum Gasteiger partial charge on any atom is 0.0865 e. The number of hydrogen-bond donors (Lipinski definition) is 2. The molecular formula is C16H26N2O2S. The SMILES string of the molecule is CCSc1cccc(N(C)CC2(O)CCOCC2)c1CN. The van der Waals surface area contributed by atoms with E-state index >= 15 is 0 Å². The van der Waals surface area contributed by atoms with Crippen LogP contribution in [0.3, 0.4) is 0 Å². The zero-order valence-electron chi connectivity index (χ0n) is 13.0. The van der Waals surface area contributed by atoms with Gasteiger partial charge >= 0.3 is 0 Å². The van der Waals surface area contributed by atoms with Gasteiger partial charge in [-0.05, 0) is 17.9 Å². The topological polar surface area (TPSA) is 58.7 Å². The Morgan fingerprint density at radius 2 is 2.10 bits per heavy atom. The average molecular weight is 310 g/mol. The first-order chi connectivity index (χ1) is 10.1. The molecule has 0 bridgehead atoms. The first-order valence-electron chi connectivity index (χ1n) is 7.55. The fourth-order valence-electron chi connectivity index (χ4n) is 2.84. The van der Waals surface area contributed by atoms with E-state index in [4.69, 9.17) is 10.5 Å². The molecule has 21 heavy (non-hydrogen) atoms. The molecule has 0 spiro atoms. The van der Waals surface area contributed by atoms with Gasteiger partial charge in [0, 0.05) is 62.3 Å². The number of anilines is 1. The van der Waals surface area contributed by atoms with E-state index in [9.17, 15) is 5.11 Å². The summed E-state index contributed by atoms with van der Waals surface area (Å²) in [5.74, 6) is 1.03. The summed E-state index contributed by atoms with van der Waals surface area (Å²) in [6.07, 6.45) is 1.39. The summed E-state index contributed by atoms with van der Waals surface area (Å²) in [7, 11) is 2.03. The molecule has 1 aliphatic heterocycles. The largest absolute Gasteiger partial charge is 0.388 e. The Morgan fingerprint density at radius 3 is 2.71 bits per heavy atom. The number of likely N-dealkylation sites (N-methyl/N-ethyl adjacent to an activating group) is 1. The van der Waals surface area contributed by atoms with Crippen LogP contribution < -0.4 is 10.6 Å². The minimum Gasteiger partial charge on any atom is -0.388 e. The summed E-state index contributed by atoms with van der Waals surface area (Å²) in [6, 6.07) is 6.28. The Morgan fingerprint density at radius 1 is 1.38 bits per heavy atom. The van der Waals surface area contributed by atoms with Crippen molar-refractivity contribution in [3.05, 3.63) is 23.8 Å². The maximum atomic E-state index is 10.7. The van der Waals surface area contributed by atoms with Crippen LogP contribution in [0.4, 0.5) is 5.69 Å². The second-order valence-electron chi connectivity index (χ2n) is 5.58. The predicted octanol–water partition coefficient (Wildman–Crippen LogP) is 2.23. The van der Waals surface area contributed by atoms with Crippen LogP contribution in [0.15, 0.2) is 23.1 Å². The van der Waals surface area contributed by atoms with Crippen molar-refractivity contribution in [1.82, 2.24) is 0 Å². The average Bonchev–Trinajstić information content (AvgIpc) is 2.47. The molecule has 5 heteroatoms. The minimum absolute atomic E-state index is 0.518. The van der Waals surface area contributed by atoms with Crippen LogP contribution in [-0.2, 0) is 11.3 Å². The molecule has 1 aromatic rings. The molecule has 0 aliphatic carbocycles. The fraction of sp³-hybridized carbons (Fsp3) is 0.625. The molecule has 118 valence electrons. The van der Waals surface area contributed by atoms with Crippen LogP contribution in [0.5, 0.6) is 0 Å². The number of ether oxygens (including phenoxy) is 1. The van der Waals surface area contributed by atoms with E-state index in [0.717, 1.165) is 11.4 Å². The summed E-state index contributed by atoms with van der Waals surface area (Å²) in [4.78, 5) is 3.37. The molecule has 1 fully saturated rings. The summed E-state index contributed by atoms with van der Waals surface area (Å²) in [6.45, 7) is 4.56. The quantitative estimate of drug-likeness (QED) is 0.789. The predicted molar refractivity (Wildman–Crippen MR) is 89.0 cm³/mol. The van der Waals surface area contributed by atoms with E-state index in [0.29, 0.717) is 39.1 Å². The number of benzene rings is 1. The second-order valence-corrected chi connectivity index (χ2v) is 6.89. The molecule has 1 saturated heterocycles. The summed E-state index contributed by atoms with van der Waals surface area (Å²) < 4.78 is 5.35.